The van der Waals surface area contributed by atoms with Crippen molar-refractivity contribution in [3.8, 4) is 11.8 Å². The number of carbonyl (C=O) groups is 2. The largest absolute Gasteiger partial charge is 0.378 e. The summed E-state index contributed by atoms with van der Waals surface area (Å²) < 4.78 is 11.6. The van der Waals surface area contributed by atoms with Crippen LogP contribution in [-0.4, -0.2) is 92.0 Å². The van der Waals surface area contributed by atoms with Crippen LogP contribution in [-0.2, 0) is 14.3 Å². The summed E-state index contributed by atoms with van der Waals surface area (Å²) in [5, 5.41) is 16.4. The summed E-state index contributed by atoms with van der Waals surface area (Å²) in [5.41, 5.74) is 2.24. The number of rotatable bonds is 0. The van der Waals surface area contributed by atoms with Gasteiger partial charge in [-0.3, -0.25) is 9.36 Å². The molecule has 158 valence electrons. The number of carbonyl (C=O) groups excluding carboxylic acids is 2. The zero-order chi connectivity index (χ0) is 21.7. The molecule has 2 aliphatic rings. The quantitative estimate of drug-likeness (QED) is 0.452. The van der Waals surface area contributed by atoms with Gasteiger partial charge < -0.3 is 19.3 Å². The van der Waals surface area contributed by atoms with E-state index >= 15 is 0 Å². The highest BCUT2D eigenvalue weighted by atomic mass is 28.3. The maximum atomic E-state index is 11.7. The number of imidazole rings is 1. The van der Waals surface area contributed by atoms with Gasteiger partial charge in [-0.2, -0.15) is 5.26 Å². The van der Waals surface area contributed by atoms with Crippen molar-refractivity contribution in [3.63, 3.8) is 0 Å². The van der Waals surface area contributed by atoms with Crippen molar-refractivity contribution in [3.05, 3.63) is 18.7 Å². The molecule has 1 aromatic rings. The highest BCUT2D eigenvalue weighted by Crippen LogP contribution is 2.00. The number of ether oxygens (including phenoxy) is 2. The van der Waals surface area contributed by atoms with E-state index in [-0.39, 0.29) is 6.03 Å². The molecule has 1 aromatic heterocycles. The molecule has 0 atom stereocenters. The van der Waals surface area contributed by atoms with Gasteiger partial charge in [0.2, 0.25) is 0 Å². The van der Waals surface area contributed by atoms with Crippen molar-refractivity contribution in [2.75, 3.05) is 52.6 Å². The fourth-order valence-electron chi connectivity index (χ4n) is 2.13. The Hall–Kier alpha value is -2.73. The minimum atomic E-state index is -1.33. The van der Waals surface area contributed by atoms with Crippen LogP contribution in [0.2, 0.25) is 19.6 Å². The lowest BCUT2D eigenvalue weighted by Gasteiger charge is -2.26. The highest BCUT2D eigenvalue weighted by Gasteiger charge is 2.17. The lowest BCUT2D eigenvalue weighted by molar-refractivity contribution is -0.129. The first-order valence-electron chi connectivity index (χ1n) is 9.31. The number of nitriles is 2. The minimum absolute atomic E-state index is 0.0270. The monoisotopic (exact) mass is 420 g/mol. The van der Waals surface area contributed by atoms with Gasteiger partial charge in [0, 0.05) is 44.3 Å². The summed E-state index contributed by atoms with van der Waals surface area (Å²) in [6, 6.07) is 1.54. The van der Waals surface area contributed by atoms with Crippen LogP contribution in [0.3, 0.4) is 0 Å². The summed E-state index contributed by atoms with van der Waals surface area (Å²) >= 11 is 0. The topological polar surface area (TPSA) is 124 Å². The van der Waals surface area contributed by atoms with Gasteiger partial charge in [-0.1, -0.05) is 19.6 Å². The van der Waals surface area contributed by atoms with Crippen LogP contribution in [0.4, 0.5) is 4.79 Å². The number of hydrogen-bond acceptors (Lipinski definition) is 7. The van der Waals surface area contributed by atoms with Crippen molar-refractivity contribution >= 4 is 20.0 Å². The van der Waals surface area contributed by atoms with E-state index in [9.17, 15) is 9.59 Å². The molecule has 2 amide bonds. The average molecular weight is 421 g/mol. The molecule has 0 spiro atoms. The van der Waals surface area contributed by atoms with Crippen LogP contribution < -0.4 is 0 Å². The van der Waals surface area contributed by atoms with E-state index in [1.165, 1.54) is 15.8 Å². The van der Waals surface area contributed by atoms with E-state index in [1.54, 1.807) is 23.4 Å². The first-order valence-corrected chi connectivity index (χ1v) is 12.8. The predicted molar refractivity (Wildman–Crippen MR) is 107 cm³/mol. The summed E-state index contributed by atoms with van der Waals surface area (Å²) in [5.74, 6) is -0.455. The Morgan fingerprint density at radius 1 is 0.966 bits per heavy atom. The molecule has 0 aliphatic carbocycles. The molecule has 10 nitrogen and oxygen atoms in total. The van der Waals surface area contributed by atoms with Gasteiger partial charge in [-0.05, 0) is 0 Å². The Labute approximate surface area is 172 Å². The number of aromatic nitrogens is 2. The molecule has 2 aliphatic heterocycles. The molecule has 2 saturated heterocycles. The van der Waals surface area contributed by atoms with Gasteiger partial charge in [0.05, 0.1) is 26.4 Å². The first-order chi connectivity index (χ1) is 13.8. The van der Waals surface area contributed by atoms with Crippen molar-refractivity contribution in [1.82, 2.24) is 19.4 Å². The molecule has 2 fully saturated rings. The van der Waals surface area contributed by atoms with Crippen LogP contribution in [0.5, 0.6) is 0 Å². The van der Waals surface area contributed by atoms with Crippen molar-refractivity contribution in [2.45, 2.75) is 19.6 Å². The second kappa shape index (κ2) is 12.7. The normalized spacial score (nSPS) is 16.2. The van der Waals surface area contributed by atoms with E-state index in [0.717, 1.165) is 0 Å². The molecule has 0 N–H and O–H groups in total. The van der Waals surface area contributed by atoms with Crippen LogP contribution in [0.25, 0.3) is 0 Å². The number of amides is 2. The van der Waals surface area contributed by atoms with Gasteiger partial charge in [0.1, 0.15) is 6.33 Å². The fourth-order valence-corrected chi connectivity index (χ4v) is 2.13. The Balaban J connectivity index is 0.000000235. The molecule has 0 aromatic carbocycles. The predicted octanol–water partition coefficient (Wildman–Crippen LogP) is 0.940. The summed E-state index contributed by atoms with van der Waals surface area (Å²) in [6.07, 6.45) is 4.76. The zero-order valence-electron chi connectivity index (χ0n) is 17.2. The van der Waals surface area contributed by atoms with Crippen molar-refractivity contribution in [1.29, 1.82) is 10.5 Å². The van der Waals surface area contributed by atoms with E-state index in [2.05, 4.69) is 10.7 Å². The summed E-state index contributed by atoms with van der Waals surface area (Å²) in [4.78, 5) is 29.4. The SMILES string of the molecule is C[Si](C)(C)C#N.N#CC(=O)N1CCOCC1.O=C(N1CCOCC1)n1ccnc1. The Morgan fingerprint density at radius 3 is 1.83 bits per heavy atom. The van der Waals surface area contributed by atoms with Crippen LogP contribution >= 0.6 is 0 Å². The van der Waals surface area contributed by atoms with Crippen LogP contribution in [0.1, 0.15) is 0 Å². The molecule has 0 radical (unpaired) electrons. The van der Waals surface area contributed by atoms with Gasteiger partial charge >= 0.3 is 11.9 Å². The molecule has 3 heterocycles. The molecular weight excluding hydrogens is 392 g/mol. The molecule has 3 rings (SSSR count). The van der Waals surface area contributed by atoms with Gasteiger partial charge in [-0.25, -0.2) is 15.0 Å². The molecular formula is C18H28N6O4Si. The number of morpholine rings is 2. The van der Waals surface area contributed by atoms with Crippen LogP contribution in [0, 0.1) is 22.3 Å². The third kappa shape index (κ3) is 9.85. The Bertz CT molecular complexity index is 708. The number of hydrogen-bond donors (Lipinski definition) is 0. The number of nitrogens with zero attached hydrogens (tertiary/aromatic N) is 6. The van der Waals surface area contributed by atoms with Crippen molar-refractivity contribution in [2.24, 2.45) is 0 Å². The second-order valence-electron chi connectivity index (χ2n) is 7.23. The fraction of sp³-hybridized carbons (Fsp3) is 0.611. The maximum Gasteiger partial charge on any atom is 0.329 e. The Kier molecular flexibility index (Phi) is 10.6. The lowest BCUT2D eigenvalue weighted by Crippen LogP contribution is -2.42. The Morgan fingerprint density at radius 2 is 1.45 bits per heavy atom. The lowest BCUT2D eigenvalue weighted by atomic mass is 10.4. The standard InChI is InChI=1S/C8H11N3O2.C6H8N2O2.C4H9NSi/c12-8(11-2-1-9-7-11)10-3-5-13-6-4-10;7-5-6(9)8-1-3-10-4-2-8;1-6(2,3)4-5/h1-2,7H,3-6H2;1-4H2;1-3H3. The molecule has 11 heteroatoms. The van der Waals surface area contributed by atoms with E-state index < -0.39 is 14.0 Å². The smallest absolute Gasteiger partial charge is 0.329 e. The van der Waals surface area contributed by atoms with Crippen molar-refractivity contribution < 1.29 is 19.1 Å². The summed E-state index contributed by atoms with van der Waals surface area (Å²) in [7, 11) is -1.33. The van der Waals surface area contributed by atoms with E-state index in [4.69, 9.17) is 20.0 Å². The minimum Gasteiger partial charge on any atom is -0.378 e. The molecule has 0 saturated carbocycles. The third-order valence-electron chi connectivity index (χ3n) is 3.74. The molecule has 0 unspecified atom stereocenters. The van der Waals surface area contributed by atoms with Gasteiger partial charge in [0.15, 0.2) is 14.1 Å². The average Bonchev–Trinajstić information content (AvgIpc) is 3.29. The zero-order valence-corrected chi connectivity index (χ0v) is 18.2. The van der Waals surface area contributed by atoms with Gasteiger partial charge in [0.25, 0.3) is 0 Å². The highest BCUT2D eigenvalue weighted by molar-refractivity contribution is 6.83. The van der Waals surface area contributed by atoms with E-state index in [1.807, 2.05) is 19.6 Å². The third-order valence-corrected chi connectivity index (χ3v) is 4.41. The summed E-state index contributed by atoms with van der Waals surface area (Å²) in [6.45, 7) is 10.8. The second-order valence-corrected chi connectivity index (χ2v) is 12.0. The van der Waals surface area contributed by atoms with Gasteiger partial charge in [-0.15, -0.1) is 0 Å². The maximum absolute atomic E-state index is 11.7. The van der Waals surface area contributed by atoms with E-state index in [0.29, 0.717) is 52.6 Å². The first kappa shape index (κ1) is 24.3. The molecule has 0 bridgehead atoms. The van der Waals surface area contributed by atoms with Crippen LogP contribution in [0.15, 0.2) is 18.7 Å². The molecule has 29 heavy (non-hydrogen) atoms.